The lowest BCUT2D eigenvalue weighted by atomic mass is 9.48. The van der Waals surface area contributed by atoms with Gasteiger partial charge >= 0.3 is 0 Å². The van der Waals surface area contributed by atoms with E-state index in [1.165, 1.54) is 44.1 Å². The first-order valence-corrected chi connectivity index (χ1v) is 12.1. The van der Waals surface area contributed by atoms with Gasteiger partial charge in [0.05, 0.1) is 0 Å². The first-order chi connectivity index (χ1) is 15.6. The van der Waals surface area contributed by atoms with E-state index in [1.54, 1.807) is 6.92 Å². The van der Waals surface area contributed by atoms with Gasteiger partial charge in [0.2, 0.25) is 0 Å². The fourth-order valence-corrected chi connectivity index (χ4v) is 7.11. The molecule has 0 aliphatic heterocycles. The second-order valence-electron chi connectivity index (χ2n) is 10.5. The minimum absolute atomic E-state index is 0.124. The van der Waals surface area contributed by atoms with Gasteiger partial charge in [-0.3, -0.25) is 4.79 Å². The molecule has 0 unspecified atom stereocenters. The van der Waals surface area contributed by atoms with Crippen LogP contribution < -0.4 is 10.1 Å². The molecule has 0 radical (unpaired) electrons. The maximum Gasteiger partial charge on any atom is 0.265 e. The van der Waals surface area contributed by atoms with Crippen LogP contribution in [0.1, 0.15) is 51.0 Å². The van der Waals surface area contributed by atoms with Crippen molar-refractivity contribution in [2.75, 3.05) is 5.32 Å². The van der Waals surface area contributed by atoms with Crippen molar-refractivity contribution in [1.29, 1.82) is 0 Å². The Morgan fingerprint density at radius 1 is 0.875 bits per heavy atom. The summed E-state index contributed by atoms with van der Waals surface area (Å²) in [5.41, 5.74) is 2.72. The average Bonchev–Trinajstić information content (AvgIpc) is 2.78. The summed E-state index contributed by atoms with van der Waals surface area (Å²) >= 11 is 0. The first kappa shape index (κ1) is 19.8. The number of benzene rings is 3. The molecule has 4 bridgehead atoms. The average molecular weight is 426 g/mol. The summed E-state index contributed by atoms with van der Waals surface area (Å²) in [6.07, 6.45) is 7.90. The van der Waals surface area contributed by atoms with Crippen LogP contribution in [0.15, 0.2) is 66.7 Å². The van der Waals surface area contributed by atoms with E-state index in [-0.39, 0.29) is 5.91 Å². The fraction of sp³-hybridized carbons (Fsp3) is 0.414. The summed E-state index contributed by atoms with van der Waals surface area (Å²) in [6, 6.07) is 22.8. The van der Waals surface area contributed by atoms with Crippen molar-refractivity contribution in [1.82, 2.24) is 0 Å². The predicted molar refractivity (Wildman–Crippen MR) is 129 cm³/mol. The van der Waals surface area contributed by atoms with Gasteiger partial charge in [0.1, 0.15) is 5.75 Å². The van der Waals surface area contributed by atoms with Crippen LogP contribution in [0.2, 0.25) is 0 Å². The summed E-state index contributed by atoms with van der Waals surface area (Å²) in [5.74, 6) is 3.40. The Hall–Kier alpha value is -2.81. The molecule has 4 fully saturated rings. The second kappa shape index (κ2) is 7.65. The smallest absolute Gasteiger partial charge is 0.265 e. The zero-order valence-corrected chi connectivity index (χ0v) is 18.7. The van der Waals surface area contributed by atoms with Crippen LogP contribution in [-0.4, -0.2) is 12.0 Å². The molecule has 0 aromatic heterocycles. The monoisotopic (exact) mass is 425 g/mol. The van der Waals surface area contributed by atoms with Crippen LogP contribution in [0.3, 0.4) is 0 Å². The third-order valence-corrected chi connectivity index (χ3v) is 8.21. The van der Waals surface area contributed by atoms with Crippen molar-refractivity contribution in [3.05, 3.63) is 72.3 Å². The van der Waals surface area contributed by atoms with E-state index >= 15 is 0 Å². The predicted octanol–water partition coefficient (Wildman–Crippen LogP) is 6.71. The third-order valence-electron chi connectivity index (χ3n) is 8.21. The molecule has 3 aromatic rings. The zero-order chi connectivity index (χ0) is 21.7. The SMILES string of the molecule is C[C@@H](Oc1ccc2ccccc2c1)C(=O)Nc1ccc(C23CC4CC(CC(C4)C2)C3)cc1. The molecule has 4 saturated carbocycles. The molecule has 3 nitrogen and oxygen atoms in total. The summed E-state index contributed by atoms with van der Waals surface area (Å²) in [4.78, 5) is 12.8. The number of ether oxygens (including phenoxy) is 1. The molecule has 0 spiro atoms. The normalized spacial score (nSPS) is 29.1. The topological polar surface area (TPSA) is 38.3 Å². The van der Waals surface area contributed by atoms with E-state index in [0.717, 1.165) is 34.2 Å². The van der Waals surface area contributed by atoms with E-state index in [2.05, 4.69) is 41.7 Å². The van der Waals surface area contributed by atoms with E-state index in [4.69, 9.17) is 4.74 Å². The molecule has 32 heavy (non-hydrogen) atoms. The lowest BCUT2D eigenvalue weighted by molar-refractivity contribution is -0.122. The van der Waals surface area contributed by atoms with Crippen LogP contribution in [0.5, 0.6) is 5.75 Å². The van der Waals surface area contributed by atoms with Crippen molar-refractivity contribution >= 4 is 22.4 Å². The molecule has 4 aliphatic carbocycles. The number of fused-ring (bicyclic) bond motifs is 1. The molecule has 4 aliphatic rings. The van der Waals surface area contributed by atoms with Gasteiger partial charge in [-0.25, -0.2) is 0 Å². The van der Waals surface area contributed by atoms with Crippen LogP contribution in [0.4, 0.5) is 5.69 Å². The lowest BCUT2D eigenvalue weighted by Gasteiger charge is -2.57. The van der Waals surface area contributed by atoms with E-state index < -0.39 is 6.10 Å². The highest BCUT2D eigenvalue weighted by atomic mass is 16.5. The standard InChI is InChI=1S/C29H31NO2/c1-19(32-27-11-6-23-4-2-3-5-24(23)15-27)28(31)30-26-9-7-25(8-10-26)29-16-20-12-21(17-29)14-22(13-20)18-29/h2-11,15,19-22H,12-14,16-18H2,1H3,(H,30,31)/t19-,20?,21?,22?,29?/m1/s1. The van der Waals surface area contributed by atoms with E-state index in [1.807, 2.05) is 30.3 Å². The molecule has 7 rings (SSSR count). The van der Waals surface area contributed by atoms with Crippen molar-refractivity contribution in [3.63, 3.8) is 0 Å². The summed E-state index contributed by atoms with van der Waals surface area (Å²) in [7, 11) is 0. The van der Waals surface area contributed by atoms with Gasteiger partial charge in [-0.15, -0.1) is 0 Å². The number of carbonyl (C=O) groups is 1. The number of amides is 1. The Balaban J connectivity index is 1.12. The van der Waals surface area contributed by atoms with Crippen molar-refractivity contribution in [3.8, 4) is 5.75 Å². The summed E-state index contributed by atoms with van der Waals surface area (Å²) in [6.45, 7) is 1.80. The largest absolute Gasteiger partial charge is 0.481 e. The number of carbonyl (C=O) groups excluding carboxylic acids is 1. The maximum atomic E-state index is 12.8. The molecule has 3 aromatic carbocycles. The van der Waals surface area contributed by atoms with Crippen LogP contribution in [0.25, 0.3) is 10.8 Å². The van der Waals surface area contributed by atoms with Gasteiger partial charge in [0, 0.05) is 5.69 Å². The summed E-state index contributed by atoms with van der Waals surface area (Å²) in [5, 5.41) is 5.31. The molecule has 0 heterocycles. The first-order valence-electron chi connectivity index (χ1n) is 12.1. The lowest BCUT2D eigenvalue weighted by Crippen LogP contribution is -2.48. The number of hydrogen-bond acceptors (Lipinski definition) is 2. The van der Waals surface area contributed by atoms with Crippen molar-refractivity contribution in [2.24, 2.45) is 17.8 Å². The van der Waals surface area contributed by atoms with Crippen LogP contribution in [-0.2, 0) is 10.2 Å². The number of nitrogens with one attached hydrogen (secondary N) is 1. The molecule has 0 saturated heterocycles. The van der Waals surface area contributed by atoms with Crippen molar-refractivity contribution < 1.29 is 9.53 Å². The fourth-order valence-electron chi connectivity index (χ4n) is 7.11. The Morgan fingerprint density at radius 3 is 2.16 bits per heavy atom. The van der Waals surface area contributed by atoms with Crippen LogP contribution >= 0.6 is 0 Å². The van der Waals surface area contributed by atoms with E-state index in [9.17, 15) is 4.79 Å². The molecule has 164 valence electrons. The van der Waals surface area contributed by atoms with Gasteiger partial charge in [-0.2, -0.15) is 0 Å². The maximum absolute atomic E-state index is 12.8. The Morgan fingerprint density at radius 2 is 1.50 bits per heavy atom. The minimum atomic E-state index is -0.570. The van der Waals surface area contributed by atoms with Crippen LogP contribution in [0, 0.1) is 17.8 Å². The quantitative estimate of drug-likeness (QED) is 0.493. The molecular formula is C29H31NO2. The van der Waals surface area contributed by atoms with Crippen molar-refractivity contribution in [2.45, 2.75) is 57.0 Å². The number of rotatable bonds is 5. The van der Waals surface area contributed by atoms with E-state index in [0.29, 0.717) is 11.2 Å². The van der Waals surface area contributed by atoms with Gasteiger partial charge in [-0.1, -0.05) is 42.5 Å². The van der Waals surface area contributed by atoms with Gasteiger partial charge in [-0.05, 0) is 109 Å². The molecule has 3 heteroatoms. The molecule has 1 N–H and O–H groups in total. The Kier molecular flexibility index (Phi) is 4.74. The highest BCUT2D eigenvalue weighted by Crippen LogP contribution is 2.60. The Labute approximate surface area is 190 Å². The highest BCUT2D eigenvalue weighted by molar-refractivity contribution is 5.94. The zero-order valence-electron chi connectivity index (χ0n) is 18.7. The second-order valence-corrected chi connectivity index (χ2v) is 10.5. The minimum Gasteiger partial charge on any atom is -0.481 e. The number of hydrogen-bond donors (Lipinski definition) is 1. The van der Waals surface area contributed by atoms with Gasteiger partial charge < -0.3 is 10.1 Å². The Bertz CT molecular complexity index is 1110. The highest BCUT2D eigenvalue weighted by Gasteiger charge is 2.51. The molecular weight excluding hydrogens is 394 g/mol. The third kappa shape index (κ3) is 3.58. The van der Waals surface area contributed by atoms with Gasteiger partial charge in [0.15, 0.2) is 6.10 Å². The van der Waals surface area contributed by atoms with Gasteiger partial charge in [0.25, 0.3) is 5.91 Å². The summed E-state index contributed by atoms with van der Waals surface area (Å²) < 4.78 is 5.93. The molecule has 1 amide bonds. The number of anilines is 1. The molecule has 1 atom stereocenters.